The third kappa shape index (κ3) is 4.34. The van der Waals surface area contributed by atoms with E-state index in [0.717, 1.165) is 5.39 Å². The van der Waals surface area contributed by atoms with Crippen LogP contribution in [0.15, 0.2) is 53.3 Å². The van der Waals surface area contributed by atoms with E-state index in [4.69, 9.17) is 21.1 Å². The summed E-state index contributed by atoms with van der Waals surface area (Å²) in [5.74, 6) is 0.904. The topological polar surface area (TPSA) is 80.4 Å². The lowest BCUT2D eigenvalue weighted by atomic mass is 10.1. The van der Waals surface area contributed by atoms with Gasteiger partial charge in [-0.05, 0) is 48.5 Å². The molecule has 3 rings (SSSR count). The van der Waals surface area contributed by atoms with Crippen molar-refractivity contribution in [3.63, 3.8) is 0 Å². The van der Waals surface area contributed by atoms with Gasteiger partial charge in [-0.3, -0.25) is 9.59 Å². The fourth-order valence-electron chi connectivity index (χ4n) is 2.41. The minimum absolute atomic E-state index is 0.102. The second-order valence-electron chi connectivity index (χ2n) is 5.60. The van der Waals surface area contributed by atoms with Crippen LogP contribution in [0.25, 0.3) is 10.9 Å². The zero-order valence-corrected chi connectivity index (χ0v) is 14.8. The Labute approximate surface area is 154 Å². The van der Waals surface area contributed by atoms with Crippen LogP contribution in [-0.4, -0.2) is 24.6 Å². The lowest BCUT2D eigenvalue weighted by Crippen LogP contribution is -2.30. The Morgan fingerprint density at radius 2 is 1.85 bits per heavy atom. The minimum Gasteiger partial charge on any atom is -0.497 e. The second kappa shape index (κ2) is 7.93. The molecule has 0 radical (unpaired) electrons. The van der Waals surface area contributed by atoms with Crippen LogP contribution in [0.2, 0.25) is 5.02 Å². The van der Waals surface area contributed by atoms with Crippen molar-refractivity contribution >= 4 is 28.4 Å². The van der Waals surface area contributed by atoms with Gasteiger partial charge in [0, 0.05) is 28.0 Å². The van der Waals surface area contributed by atoms with Gasteiger partial charge in [-0.1, -0.05) is 11.6 Å². The van der Waals surface area contributed by atoms with E-state index in [9.17, 15) is 9.59 Å². The van der Waals surface area contributed by atoms with E-state index in [-0.39, 0.29) is 24.6 Å². The quantitative estimate of drug-likeness (QED) is 0.697. The SMILES string of the molecule is COc1ccc2[nH]c(=O)c(CNC(=O)COc3ccc(Cl)cc3)cc2c1. The predicted molar refractivity (Wildman–Crippen MR) is 99.9 cm³/mol. The Kier molecular flexibility index (Phi) is 5.43. The van der Waals surface area contributed by atoms with Gasteiger partial charge in [-0.2, -0.15) is 0 Å². The third-order valence-corrected chi connectivity index (χ3v) is 4.04. The zero-order chi connectivity index (χ0) is 18.5. The van der Waals surface area contributed by atoms with E-state index in [0.29, 0.717) is 27.6 Å². The number of aromatic nitrogens is 1. The number of rotatable bonds is 6. The smallest absolute Gasteiger partial charge is 0.258 e. The van der Waals surface area contributed by atoms with E-state index in [1.807, 2.05) is 6.07 Å². The van der Waals surface area contributed by atoms with Crippen molar-refractivity contribution < 1.29 is 14.3 Å². The summed E-state index contributed by atoms with van der Waals surface area (Å²) in [6.45, 7) is -0.0494. The summed E-state index contributed by atoms with van der Waals surface area (Å²) in [6.07, 6.45) is 0. The first-order chi connectivity index (χ1) is 12.5. The molecule has 0 aliphatic heterocycles. The second-order valence-corrected chi connectivity index (χ2v) is 6.03. The lowest BCUT2D eigenvalue weighted by Gasteiger charge is -2.08. The first-order valence-electron chi connectivity index (χ1n) is 7.90. The largest absolute Gasteiger partial charge is 0.497 e. The molecule has 0 saturated heterocycles. The van der Waals surface area contributed by atoms with Crippen LogP contribution in [0, 0.1) is 0 Å². The molecule has 2 N–H and O–H groups in total. The molecule has 7 heteroatoms. The molecule has 0 spiro atoms. The van der Waals surface area contributed by atoms with Crippen LogP contribution in [0.3, 0.4) is 0 Å². The molecule has 0 fully saturated rings. The molecule has 2 aromatic carbocycles. The molecule has 0 aliphatic carbocycles. The van der Waals surface area contributed by atoms with E-state index in [1.165, 1.54) is 0 Å². The van der Waals surface area contributed by atoms with Crippen molar-refractivity contribution in [3.05, 3.63) is 69.5 Å². The van der Waals surface area contributed by atoms with E-state index in [1.54, 1.807) is 49.6 Å². The predicted octanol–water partition coefficient (Wildman–Crippen LogP) is 2.89. The highest BCUT2D eigenvalue weighted by molar-refractivity contribution is 6.30. The number of hydrogen-bond donors (Lipinski definition) is 2. The van der Waals surface area contributed by atoms with Gasteiger partial charge >= 0.3 is 0 Å². The molecule has 0 aliphatic rings. The van der Waals surface area contributed by atoms with Crippen molar-refractivity contribution in [2.45, 2.75) is 6.54 Å². The number of pyridine rings is 1. The van der Waals surface area contributed by atoms with Gasteiger partial charge in [0.2, 0.25) is 0 Å². The van der Waals surface area contributed by atoms with Crippen LogP contribution in [0.5, 0.6) is 11.5 Å². The Hall–Kier alpha value is -2.99. The summed E-state index contributed by atoms with van der Waals surface area (Å²) in [5, 5.41) is 4.09. The molecule has 134 valence electrons. The van der Waals surface area contributed by atoms with Gasteiger partial charge in [0.05, 0.1) is 7.11 Å². The normalized spacial score (nSPS) is 10.5. The maximum atomic E-state index is 12.1. The van der Waals surface area contributed by atoms with E-state index >= 15 is 0 Å². The summed E-state index contributed by atoms with van der Waals surface area (Å²) in [6, 6.07) is 13.8. The molecule has 6 nitrogen and oxygen atoms in total. The molecule has 0 unspecified atom stereocenters. The number of carbonyl (C=O) groups excluding carboxylic acids is 1. The van der Waals surface area contributed by atoms with Gasteiger partial charge in [-0.25, -0.2) is 0 Å². The van der Waals surface area contributed by atoms with Crippen LogP contribution in [0.1, 0.15) is 5.56 Å². The average Bonchev–Trinajstić information content (AvgIpc) is 2.65. The van der Waals surface area contributed by atoms with E-state index < -0.39 is 0 Å². The number of fused-ring (bicyclic) bond motifs is 1. The molecule has 0 atom stereocenters. The van der Waals surface area contributed by atoms with Crippen LogP contribution in [0.4, 0.5) is 0 Å². The maximum absolute atomic E-state index is 12.1. The Morgan fingerprint density at radius 1 is 1.12 bits per heavy atom. The average molecular weight is 373 g/mol. The zero-order valence-electron chi connectivity index (χ0n) is 14.0. The first kappa shape index (κ1) is 17.8. The Balaban J connectivity index is 1.63. The Morgan fingerprint density at radius 3 is 2.58 bits per heavy atom. The highest BCUT2D eigenvalue weighted by atomic mass is 35.5. The number of methoxy groups -OCH3 is 1. The minimum atomic E-state index is -0.329. The fraction of sp³-hybridized carbons (Fsp3) is 0.158. The summed E-state index contributed by atoms with van der Waals surface area (Å²) < 4.78 is 10.6. The van der Waals surface area contributed by atoms with Crippen LogP contribution >= 0.6 is 11.6 Å². The van der Waals surface area contributed by atoms with Crippen molar-refractivity contribution in [2.75, 3.05) is 13.7 Å². The number of halogens is 1. The fourth-order valence-corrected chi connectivity index (χ4v) is 2.54. The van der Waals surface area contributed by atoms with Crippen molar-refractivity contribution in [1.29, 1.82) is 0 Å². The third-order valence-electron chi connectivity index (χ3n) is 3.79. The maximum Gasteiger partial charge on any atom is 0.258 e. The summed E-state index contributed by atoms with van der Waals surface area (Å²) >= 11 is 5.79. The summed E-state index contributed by atoms with van der Waals surface area (Å²) in [5.41, 5.74) is 0.907. The molecule has 3 aromatic rings. The number of benzene rings is 2. The van der Waals surface area contributed by atoms with Crippen molar-refractivity contribution in [1.82, 2.24) is 10.3 Å². The number of H-pyrrole nitrogens is 1. The van der Waals surface area contributed by atoms with Crippen molar-refractivity contribution in [2.24, 2.45) is 0 Å². The van der Waals surface area contributed by atoms with Gasteiger partial charge in [-0.15, -0.1) is 0 Å². The molecule has 0 bridgehead atoms. The summed E-state index contributed by atoms with van der Waals surface area (Å²) in [4.78, 5) is 26.9. The van der Waals surface area contributed by atoms with Gasteiger partial charge in [0.25, 0.3) is 11.5 Å². The Bertz CT molecular complexity index is 983. The monoisotopic (exact) mass is 372 g/mol. The number of carbonyl (C=O) groups is 1. The van der Waals surface area contributed by atoms with Gasteiger partial charge < -0.3 is 19.8 Å². The van der Waals surface area contributed by atoms with Gasteiger partial charge in [0.1, 0.15) is 11.5 Å². The highest BCUT2D eigenvalue weighted by Crippen LogP contribution is 2.19. The van der Waals surface area contributed by atoms with Crippen LogP contribution < -0.4 is 20.3 Å². The molecular formula is C19H17ClN2O4. The molecule has 1 aromatic heterocycles. The highest BCUT2D eigenvalue weighted by Gasteiger charge is 2.07. The van der Waals surface area contributed by atoms with Crippen molar-refractivity contribution in [3.8, 4) is 11.5 Å². The van der Waals surface area contributed by atoms with Crippen LogP contribution in [-0.2, 0) is 11.3 Å². The molecule has 1 amide bonds. The first-order valence-corrected chi connectivity index (χ1v) is 8.28. The number of ether oxygens (including phenoxy) is 2. The number of hydrogen-bond acceptors (Lipinski definition) is 4. The van der Waals surface area contributed by atoms with E-state index in [2.05, 4.69) is 10.3 Å². The molecular weight excluding hydrogens is 356 g/mol. The molecule has 1 heterocycles. The molecule has 0 saturated carbocycles. The lowest BCUT2D eigenvalue weighted by molar-refractivity contribution is -0.123. The number of aromatic amines is 1. The summed E-state index contributed by atoms with van der Waals surface area (Å²) in [7, 11) is 1.58. The number of amides is 1. The molecule has 26 heavy (non-hydrogen) atoms. The standard InChI is InChI=1S/C19H17ClN2O4/c1-25-16-6-7-17-12(9-16)8-13(19(24)22-17)10-21-18(23)11-26-15-4-2-14(20)3-5-15/h2-9H,10-11H2,1H3,(H,21,23)(H,22,24). The van der Waals surface area contributed by atoms with Gasteiger partial charge in [0.15, 0.2) is 6.61 Å². The number of nitrogens with one attached hydrogen (secondary N) is 2.